The van der Waals surface area contributed by atoms with Crippen LogP contribution in [0, 0.1) is 17.6 Å². The minimum Gasteiger partial charge on any atom is -0.480 e. The fourth-order valence-corrected chi connectivity index (χ4v) is 11.8. The zero-order chi connectivity index (χ0) is 63.1. The molecule has 4 heterocycles. The fourth-order valence-electron chi connectivity index (χ4n) is 10.1. The van der Waals surface area contributed by atoms with Crippen LogP contribution in [0.2, 0.25) is 5.02 Å². The van der Waals surface area contributed by atoms with Crippen molar-refractivity contribution in [3.05, 3.63) is 93.0 Å². The number of benzene rings is 2. The molecule has 8 rings (SSSR count). The maximum absolute atomic E-state index is 15.7. The largest absolute Gasteiger partial charge is 0.480 e. The van der Waals surface area contributed by atoms with E-state index in [1.807, 2.05) is 0 Å². The number of rotatable bonds is 21. The summed E-state index contributed by atoms with van der Waals surface area (Å²) >= 11 is 6.74. The summed E-state index contributed by atoms with van der Waals surface area (Å²) in [5.41, 5.74) is -5.91. The number of carboxylic acids is 1. The minimum atomic E-state index is -5.26. The third kappa shape index (κ3) is 14.0. The molecule has 85 heavy (non-hydrogen) atoms. The molecule has 3 aliphatic rings. The molecule has 5 aromatic rings. The normalized spacial score (nSPS) is 18.1. The van der Waals surface area contributed by atoms with Gasteiger partial charge in [0.1, 0.15) is 37.0 Å². The van der Waals surface area contributed by atoms with Crippen molar-refractivity contribution in [1.29, 1.82) is 0 Å². The number of anilines is 1. The van der Waals surface area contributed by atoms with Gasteiger partial charge in [0.05, 0.1) is 44.7 Å². The van der Waals surface area contributed by atoms with Gasteiger partial charge in [0.15, 0.2) is 21.3 Å². The average molecular weight is 1300 g/mol. The number of aryl methyl sites for hydroxylation is 1. The number of fused-ring (bicyclic) bond motifs is 4. The standard InChI is InChI=1S/C48H49ClF10N9O14PS2/c1-45(2,84(3,77)78)11-9-26-5-6-28(38(60-26)33(15-23-13-24(50)16-25(51)14-23)61-34(69)19-66-41-36(40(62-66)48(57,58)59)30-17-31(30)47(41,55)56)29-7-8-32(49)37-39(29)67(21-46(52,53)54)63-42(37)68(85(4,79)80)43(72)65-12-10-27(65)18-64(20-35(70)71)44(73)81-22-82-83(74,75)76/h5-8,13-14,16,27,30-31,33H,9-12,15,17-22H2,1-4H3,(H,61,69)(H,70,71)(H2,74,75,76)/t27-,30+,31?,33+/m1/s1. The van der Waals surface area contributed by atoms with Gasteiger partial charge < -0.3 is 29.8 Å². The van der Waals surface area contributed by atoms with Crippen molar-refractivity contribution in [3.8, 4) is 11.1 Å². The van der Waals surface area contributed by atoms with Crippen LogP contribution < -0.4 is 9.62 Å². The number of carbonyl (C=O) groups excluding carboxylic acids is 3. The summed E-state index contributed by atoms with van der Waals surface area (Å²) in [4.78, 5) is 77.3. The summed E-state index contributed by atoms with van der Waals surface area (Å²) in [6.07, 6.45) is -12.2. The number of carbonyl (C=O) groups is 4. The van der Waals surface area contributed by atoms with Gasteiger partial charge in [-0.2, -0.15) is 49.6 Å². The average Bonchev–Trinajstić information content (AvgIpc) is 1.54. The lowest BCUT2D eigenvalue weighted by atomic mass is 9.93. The van der Waals surface area contributed by atoms with Crippen LogP contribution in [0.1, 0.15) is 79.0 Å². The number of pyridine rings is 1. The number of sulfonamides is 1. The first-order valence-corrected chi connectivity index (χ1v) is 30.6. The quantitative estimate of drug-likeness (QED) is 0.0315. The molecule has 2 aromatic carbocycles. The van der Waals surface area contributed by atoms with E-state index in [-0.39, 0.29) is 62.7 Å². The number of nitrogens with zero attached hydrogens (tertiary/aromatic N) is 8. The van der Waals surface area contributed by atoms with Crippen LogP contribution in [0.25, 0.3) is 22.0 Å². The molecule has 0 bridgehead atoms. The van der Waals surface area contributed by atoms with Gasteiger partial charge >= 0.3 is 38.3 Å². The SMILES string of the molecule is CC(C)(CCc1ccc(-c2ccc(Cl)c3c(N(C(=O)N4CC[C@@H]4CN(CC(=O)O)C(=O)OCOP(=O)(O)O)S(C)(=O)=O)nn(CC(F)(F)F)c23)c([C@H](Cc2cc(F)cc(F)c2)NC(=O)Cn2nc(C(F)(F)F)c3c2C(F)(F)C2C[C@H]32)n1)S(C)(=O)=O. The van der Waals surface area contributed by atoms with Crippen molar-refractivity contribution < 1.29 is 109 Å². The van der Waals surface area contributed by atoms with Gasteiger partial charge in [-0.1, -0.05) is 23.7 Å². The predicted molar refractivity (Wildman–Crippen MR) is 276 cm³/mol. The molecule has 3 aromatic heterocycles. The molecule has 4 N–H and O–H groups in total. The third-order valence-electron chi connectivity index (χ3n) is 14.4. The lowest BCUT2D eigenvalue weighted by molar-refractivity contribution is -0.143. The van der Waals surface area contributed by atoms with Gasteiger partial charge in [0, 0.05) is 53.7 Å². The number of sulfone groups is 1. The van der Waals surface area contributed by atoms with Crippen molar-refractivity contribution in [2.75, 3.05) is 43.2 Å². The van der Waals surface area contributed by atoms with E-state index in [1.54, 1.807) is 0 Å². The monoisotopic (exact) mass is 1300 g/mol. The van der Waals surface area contributed by atoms with Crippen LogP contribution in [0.4, 0.5) is 59.3 Å². The summed E-state index contributed by atoms with van der Waals surface area (Å²) in [5.74, 6) is -13.1. The smallest absolute Gasteiger partial charge is 0.472 e. The molecule has 4 amide bonds. The lowest BCUT2D eigenvalue weighted by Gasteiger charge is -2.44. The molecule has 2 aliphatic carbocycles. The highest BCUT2D eigenvalue weighted by atomic mass is 35.5. The number of amides is 4. The van der Waals surface area contributed by atoms with Crippen molar-refractivity contribution in [1.82, 2.24) is 39.7 Å². The summed E-state index contributed by atoms with van der Waals surface area (Å²) < 4.78 is 221. The zero-order valence-corrected chi connectivity index (χ0v) is 47.7. The van der Waals surface area contributed by atoms with Crippen LogP contribution in [0.3, 0.4) is 0 Å². The minimum absolute atomic E-state index is 0.0176. The van der Waals surface area contributed by atoms with Crippen molar-refractivity contribution >= 4 is 80.0 Å². The Bertz CT molecular complexity index is 3790. The number of ether oxygens (including phenoxy) is 1. The molecule has 4 atom stereocenters. The van der Waals surface area contributed by atoms with E-state index in [0.29, 0.717) is 17.2 Å². The number of phosphoric acid groups is 1. The predicted octanol–water partition coefficient (Wildman–Crippen LogP) is 7.42. The number of nitrogens with one attached hydrogen (secondary N) is 1. The number of urea groups is 1. The van der Waals surface area contributed by atoms with Crippen molar-refractivity contribution in [2.24, 2.45) is 5.92 Å². The van der Waals surface area contributed by atoms with E-state index in [0.717, 1.165) is 35.4 Å². The number of alkyl halides is 8. The Balaban J connectivity index is 1.28. The maximum Gasteiger partial charge on any atom is 0.472 e. The van der Waals surface area contributed by atoms with E-state index in [1.165, 1.54) is 26.0 Å². The Kier molecular flexibility index (Phi) is 17.3. The number of hydrogen-bond acceptors (Lipinski definition) is 14. The zero-order valence-electron chi connectivity index (χ0n) is 44.5. The first kappa shape index (κ1) is 64.4. The van der Waals surface area contributed by atoms with Crippen LogP contribution in [0.15, 0.2) is 42.5 Å². The number of halogens is 11. The third-order valence-corrected chi connectivity index (χ3v) is 18.4. The molecule has 23 nitrogen and oxygen atoms in total. The number of aromatic nitrogens is 5. The number of hydrogen-bond donors (Lipinski definition) is 4. The first-order chi connectivity index (χ1) is 39.1. The summed E-state index contributed by atoms with van der Waals surface area (Å²) in [6.45, 7) is -4.35. The van der Waals surface area contributed by atoms with Gasteiger partial charge in [0.25, 0.3) is 5.92 Å². The van der Waals surface area contributed by atoms with Gasteiger partial charge in [-0.15, -0.1) is 0 Å². The molecule has 0 spiro atoms. The van der Waals surface area contributed by atoms with Crippen LogP contribution in [-0.2, 0) is 81.3 Å². The Labute approximate surface area is 480 Å². The van der Waals surface area contributed by atoms with E-state index < -0.39 is 200 Å². The maximum atomic E-state index is 15.7. The Morgan fingerprint density at radius 3 is 2.16 bits per heavy atom. The van der Waals surface area contributed by atoms with Gasteiger partial charge in [0.2, 0.25) is 22.7 Å². The summed E-state index contributed by atoms with van der Waals surface area (Å²) in [6, 6.07) is 1.87. The second-order valence-corrected chi connectivity index (χ2v) is 27.1. The highest BCUT2D eigenvalue weighted by Gasteiger charge is 2.68. The van der Waals surface area contributed by atoms with Crippen molar-refractivity contribution in [3.63, 3.8) is 0 Å². The molecule has 37 heteroatoms. The van der Waals surface area contributed by atoms with Gasteiger partial charge in [-0.3, -0.25) is 28.8 Å². The highest BCUT2D eigenvalue weighted by Crippen LogP contribution is 2.68. The molecule has 2 fully saturated rings. The second kappa shape index (κ2) is 22.9. The van der Waals surface area contributed by atoms with E-state index in [2.05, 4.69) is 29.8 Å². The van der Waals surface area contributed by atoms with E-state index >= 15 is 8.78 Å². The number of phosphoric ester groups is 1. The van der Waals surface area contributed by atoms with E-state index in [9.17, 15) is 80.8 Å². The second-order valence-electron chi connectivity index (χ2n) is 21.0. The fraction of sp³-hybridized carbons (Fsp3) is 0.479. The lowest BCUT2D eigenvalue weighted by Crippen LogP contribution is -2.61. The first-order valence-electron chi connectivity index (χ1n) is 25.0. The number of carboxylic acid groups (broad SMARTS) is 1. The van der Waals surface area contributed by atoms with Crippen LogP contribution in [-0.4, -0.2) is 146 Å². The molecule has 1 saturated carbocycles. The molecule has 0 radical (unpaired) electrons. The molecule has 1 saturated heterocycles. The van der Waals surface area contributed by atoms with Crippen LogP contribution >= 0.6 is 19.4 Å². The topological polar surface area (TPSA) is 303 Å². The summed E-state index contributed by atoms with van der Waals surface area (Å²) in [5, 5.41) is 18.0. The van der Waals surface area contributed by atoms with E-state index in [4.69, 9.17) is 21.4 Å². The number of aliphatic carboxylic acids is 1. The molecule has 464 valence electrons. The Morgan fingerprint density at radius 1 is 0.953 bits per heavy atom. The van der Waals surface area contributed by atoms with Gasteiger partial charge in [-0.25, -0.2) is 44.3 Å². The molecular formula is C48H49ClF10N9O14PS2. The van der Waals surface area contributed by atoms with Crippen molar-refractivity contribution in [2.45, 2.75) is 100 Å². The number of likely N-dealkylation sites (tertiary alicyclic amines) is 1. The Morgan fingerprint density at radius 2 is 1.60 bits per heavy atom. The van der Waals surface area contributed by atoms with Crippen LogP contribution in [0.5, 0.6) is 0 Å². The molecular weight excluding hydrogens is 1250 g/mol. The highest BCUT2D eigenvalue weighted by molar-refractivity contribution is 7.93. The molecule has 1 aliphatic heterocycles. The van der Waals surface area contributed by atoms with Gasteiger partial charge in [-0.05, 0) is 81.7 Å². The Hall–Kier alpha value is -6.65. The molecule has 1 unspecified atom stereocenters. The summed E-state index contributed by atoms with van der Waals surface area (Å²) in [7, 11) is -14.1.